The summed E-state index contributed by atoms with van der Waals surface area (Å²) in [6.07, 6.45) is 0.0871. The van der Waals surface area contributed by atoms with E-state index in [9.17, 15) is 5.11 Å². The summed E-state index contributed by atoms with van der Waals surface area (Å²) >= 11 is 0. The van der Waals surface area contributed by atoms with Crippen molar-refractivity contribution in [1.29, 1.82) is 0 Å². The molecule has 100 valence electrons. The molecule has 3 atom stereocenters. The average Bonchev–Trinajstić information content (AvgIpc) is 2.52. The van der Waals surface area contributed by atoms with Crippen LogP contribution < -0.4 is 0 Å². The molecule has 2 aliphatic rings. The summed E-state index contributed by atoms with van der Waals surface area (Å²) in [6.45, 7) is 8.04. The molecular weight excluding hydrogens is 224 g/mol. The molecule has 0 aliphatic carbocycles. The molecule has 1 N–H and O–H groups in total. The molecule has 17 heavy (non-hydrogen) atoms. The molecule has 5 nitrogen and oxygen atoms in total. The van der Waals surface area contributed by atoms with Gasteiger partial charge < -0.3 is 24.1 Å². The second kappa shape index (κ2) is 4.48. The standard InChI is InChI=1S/C12H22O5/c1-11(2)14-6-5-8(15-11)10-9(7-13)16-12(3,4)17-10/h8-10,13H,5-7H2,1-4H3. The van der Waals surface area contributed by atoms with E-state index in [1.165, 1.54) is 0 Å². The highest BCUT2D eigenvalue weighted by Gasteiger charge is 2.47. The van der Waals surface area contributed by atoms with Gasteiger partial charge >= 0.3 is 0 Å². The van der Waals surface area contributed by atoms with Crippen LogP contribution in [-0.2, 0) is 18.9 Å². The molecule has 2 heterocycles. The quantitative estimate of drug-likeness (QED) is 0.789. The summed E-state index contributed by atoms with van der Waals surface area (Å²) in [6, 6.07) is 0. The average molecular weight is 246 g/mol. The van der Waals surface area contributed by atoms with Gasteiger partial charge in [-0.25, -0.2) is 0 Å². The lowest BCUT2D eigenvalue weighted by Gasteiger charge is -2.39. The fourth-order valence-corrected chi connectivity index (χ4v) is 2.43. The van der Waals surface area contributed by atoms with Crippen LogP contribution >= 0.6 is 0 Å². The first-order chi connectivity index (χ1) is 7.83. The van der Waals surface area contributed by atoms with Crippen molar-refractivity contribution in [2.24, 2.45) is 0 Å². The Morgan fingerprint density at radius 1 is 1.06 bits per heavy atom. The molecular formula is C12H22O5. The van der Waals surface area contributed by atoms with Crippen LogP contribution in [0.5, 0.6) is 0 Å². The van der Waals surface area contributed by atoms with Gasteiger partial charge in [0.25, 0.3) is 0 Å². The first-order valence-corrected chi connectivity index (χ1v) is 6.11. The van der Waals surface area contributed by atoms with Crippen LogP contribution in [-0.4, -0.2) is 48.2 Å². The molecule has 2 rings (SSSR count). The Bertz CT molecular complexity index is 276. The van der Waals surface area contributed by atoms with Crippen molar-refractivity contribution in [3.63, 3.8) is 0 Å². The summed E-state index contributed by atoms with van der Waals surface area (Å²) in [7, 11) is 0. The number of rotatable bonds is 2. The van der Waals surface area contributed by atoms with Crippen LogP contribution in [0.15, 0.2) is 0 Å². The minimum Gasteiger partial charge on any atom is -0.394 e. The maximum Gasteiger partial charge on any atom is 0.164 e. The molecule has 0 aromatic carbocycles. The van der Waals surface area contributed by atoms with Crippen molar-refractivity contribution in [3.05, 3.63) is 0 Å². The third kappa shape index (κ3) is 2.98. The van der Waals surface area contributed by atoms with Crippen LogP contribution in [0.25, 0.3) is 0 Å². The van der Waals surface area contributed by atoms with E-state index in [2.05, 4.69) is 0 Å². The van der Waals surface area contributed by atoms with E-state index in [1.54, 1.807) is 0 Å². The molecule has 0 aromatic rings. The van der Waals surface area contributed by atoms with E-state index in [0.717, 1.165) is 6.42 Å². The third-order valence-corrected chi connectivity index (χ3v) is 3.06. The van der Waals surface area contributed by atoms with E-state index in [-0.39, 0.29) is 24.9 Å². The molecule has 5 heteroatoms. The number of ether oxygens (including phenoxy) is 4. The van der Waals surface area contributed by atoms with Crippen molar-refractivity contribution in [3.8, 4) is 0 Å². The Kier molecular flexibility index (Phi) is 3.49. The van der Waals surface area contributed by atoms with Gasteiger partial charge in [0, 0.05) is 0 Å². The highest BCUT2D eigenvalue weighted by atomic mass is 16.8. The minimum atomic E-state index is -0.663. The van der Waals surface area contributed by atoms with Crippen LogP contribution in [0.3, 0.4) is 0 Å². The van der Waals surface area contributed by atoms with Crippen LogP contribution in [0.1, 0.15) is 34.1 Å². The number of hydrogen-bond acceptors (Lipinski definition) is 5. The first kappa shape index (κ1) is 13.2. The van der Waals surface area contributed by atoms with Crippen molar-refractivity contribution in [2.45, 2.75) is 64.0 Å². The molecule has 2 fully saturated rings. The van der Waals surface area contributed by atoms with Crippen molar-refractivity contribution in [1.82, 2.24) is 0 Å². The van der Waals surface area contributed by atoms with Gasteiger partial charge in [-0.2, -0.15) is 0 Å². The zero-order valence-electron chi connectivity index (χ0n) is 10.9. The Morgan fingerprint density at radius 3 is 2.35 bits per heavy atom. The predicted molar refractivity (Wildman–Crippen MR) is 60.4 cm³/mol. The van der Waals surface area contributed by atoms with Crippen LogP contribution in [0, 0.1) is 0 Å². The largest absolute Gasteiger partial charge is 0.394 e. The highest BCUT2D eigenvalue weighted by molar-refractivity contribution is 4.89. The molecule has 2 saturated heterocycles. The molecule has 2 aliphatic heterocycles. The number of hydrogen-bond donors (Lipinski definition) is 1. The van der Waals surface area contributed by atoms with Crippen LogP contribution in [0.2, 0.25) is 0 Å². The summed E-state index contributed by atoms with van der Waals surface area (Å²) < 4.78 is 22.8. The van der Waals surface area contributed by atoms with Gasteiger partial charge in [0.05, 0.1) is 19.3 Å². The molecule has 0 amide bonds. The summed E-state index contributed by atoms with van der Waals surface area (Å²) in [5.41, 5.74) is 0. The number of aliphatic hydroxyl groups is 1. The highest BCUT2D eigenvalue weighted by Crippen LogP contribution is 2.35. The molecule has 3 unspecified atom stereocenters. The van der Waals surface area contributed by atoms with Gasteiger partial charge in [0.15, 0.2) is 11.6 Å². The molecule has 0 spiro atoms. The maximum absolute atomic E-state index is 9.34. The Hall–Kier alpha value is -0.200. The molecule has 0 bridgehead atoms. The summed E-state index contributed by atoms with van der Waals surface area (Å²) in [4.78, 5) is 0. The van der Waals surface area contributed by atoms with E-state index in [4.69, 9.17) is 18.9 Å². The predicted octanol–water partition coefficient (Wildman–Crippen LogP) is 1.04. The van der Waals surface area contributed by atoms with E-state index >= 15 is 0 Å². The second-order valence-electron chi connectivity index (χ2n) is 5.51. The van der Waals surface area contributed by atoms with Crippen LogP contribution in [0.4, 0.5) is 0 Å². The van der Waals surface area contributed by atoms with Crippen molar-refractivity contribution in [2.75, 3.05) is 13.2 Å². The van der Waals surface area contributed by atoms with Gasteiger partial charge in [-0.15, -0.1) is 0 Å². The fourth-order valence-electron chi connectivity index (χ4n) is 2.43. The van der Waals surface area contributed by atoms with Gasteiger partial charge in [-0.05, 0) is 34.1 Å². The molecule has 0 aromatic heterocycles. The monoisotopic (exact) mass is 246 g/mol. The topological polar surface area (TPSA) is 57.2 Å². The van der Waals surface area contributed by atoms with Gasteiger partial charge in [-0.1, -0.05) is 0 Å². The van der Waals surface area contributed by atoms with Gasteiger partial charge in [0.2, 0.25) is 0 Å². The smallest absolute Gasteiger partial charge is 0.164 e. The Balaban J connectivity index is 2.06. The zero-order chi connectivity index (χ0) is 12.7. The molecule has 0 radical (unpaired) electrons. The minimum absolute atomic E-state index is 0.0603. The summed E-state index contributed by atoms with van der Waals surface area (Å²) in [5.74, 6) is -1.26. The Labute approximate surface area is 102 Å². The van der Waals surface area contributed by atoms with Crippen molar-refractivity contribution >= 4 is 0 Å². The Morgan fingerprint density at radius 2 is 1.76 bits per heavy atom. The van der Waals surface area contributed by atoms with Crippen molar-refractivity contribution < 1.29 is 24.1 Å². The summed E-state index contributed by atoms with van der Waals surface area (Å²) in [5, 5.41) is 9.34. The van der Waals surface area contributed by atoms with Gasteiger partial charge in [-0.3, -0.25) is 0 Å². The maximum atomic E-state index is 9.34. The molecule has 0 saturated carbocycles. The SMILES string of the molecule is CC1(C)OCCC(C2OC(C)(C)OC2CO)O1. The van der Waals surface area contributed by atoms with E-state index in [0.29, 0.717) is 6.61 Å². The third-order valence-electron chi connectivity index (χ3n) is 3.06. The lowest BCUT2D eigenvalue weighted by atomic mass is 10.0. The zero-order valence-corrected chi connectivity index (χ0v) is 10.9. The van der Waals surface area contributed by atoms with E-state index in [1.807, 2.05) is 27.7 Å². The lowest BCUT2D eigenvalue weighted by Crippen LogP contribution is -2.48. The van der Waals surface area contributed by atoms with Gasteiger partial charge in [0.1, 0.15) is 12.2 Å². The normalized spacial score (nSPS) is 40.4. The number of aliphatic hydroxyl groups excluding tert-OH is 1. The fraction of sp³-hybridized carbons (Fsp3) is 1.00. The lowest BCUT2D eigenvalue weighted by molar-refractivity contribution is -0.293. The van der Waals surface area contributed by atoms with E-state index < -0.39 is 11.6 Å². The second-order valence-corrected chi connectivity index (χ2v) is 5.51. The first-order valence-electron chi connectivity index (χ1n) is 6.11.